The van der Waals surface area contributed by atoms with E-state index in [4.69, 9.17) is 0 Å². The first kappa shape index (κ1) is 23.8. The Bertz CT molecular complexity index is 1560. The van der Waals surface area contributed by atoms with Crippen LogP contribution in [0, 0.1) is 6.92 Å². The molecule has 0 aliphatic carbocycles. The largest absolute Gasteiger partial charge is 0.378 e. The number of hydrogen-bond acceptors (Lipinski definition) is 7. The molecule has 0 atom stereocenters. The van der Waals surface area contributed by atoms with E-state index < -0.39 is 0 Å². The van der Waals surface area contributed by atoms with Gasteiger partial charge in [-0.15, -0.1) is 11.3 Å². The Kier molecular flexibility index (Phi) is 6.38. The molecule has 1 fully saturated rings. The van der Waals surface area contributed by atoms with Gasteiger partial charge in [-0.1, -0.05) is 30.3 Å². The highest BCUT2D eigenvalue weighted by atomic mass is 32.2. The fourth-order valence-electron chi connectivity index (χ4n) is 3.88. The maximum Gasteiger partial charge on any atom is 0.281 e. The molecular formula is C26H24N6O2S2. The molecule has 0 bridgehead atoms. The molecule has 8 nitrogen and oxygen atoms in total. The van der Waals surface area contributed by atoms with Gasteiger partial charge in [-0.3, -0.25) is 14.3 Å². The number of carbonyl (C=O) groups excluding carboxylic acids is 1. The summed E-state index contributed by atoms with van der Waals surface area (Å²) in [5.41, 5.74) is 4.59. The molecule has 36 heavy (non-hydrogen) atoms. The predicted octanol–water partition coefficient (Wildman–Crippen LogP) is 4.57. The number of nitrogens with one attached hydrogen (secondary N) is 1. The Morgan fingerprint density at radius 3 is 2.47 bits per heavy atom. The minimum atomic E-state index is -0.197. The van der Waals surface area contributed by atoms with Crippen molar-refractivity contribution in [3.63, 3.8) is 0 Å². The molecule has 0 saturated carbocycles. The van der Waals surface area contributed by atoms with Gasteiger partial charge in [0, 0.05) is 37.9 Å². The Labute approximate surface area is 216 Å². The quantitative estimate of drug-likeness (QED) is 0.393. The van der Waals surface area contributed by atoms with Crippen LogP contribution in [0.2, 0.25) is 0 Å². The molecule has 1 saturated heterocycles. The van der Waals surface area contributed by atoms with Gasteiger partial charge in [0.1, 0.15) is 0 Å². The Morgan fingerprint density at radius 1 is 1.06 bits per heavy atom. The molecule has 1 amide bonds. The third-order valence-corrected chi connectivity index (χ3v) is 7.50. The van der Waals surface area contributed by atoms with Crippen LogP contribution in [0.3, 0.4) is 0 Å². The summed E-state index contributed by atoms with van der Waals surface area (Å²) in [5.74, 6) is -0.197. The summed E-state index contributed by atoms with van der Waals surface area (Å²) in [6.07, 6.45) is 1.84. The maximum absolute atomic E-state index is 13.3. The van der Waals surface area contributed by atoms with E-state index in [0.717, 1.165) is 22.6 Å². The van der Waals surface area contributed by atoms with Crippen LogP contribution in [0.15, 0.2) is 74.7 Å². The minimum Gasteiger partial charge on any atom is -0.378 e. The summed E-state index contributed by atoms with van der Waals surface area (Å²) in [6.45, 7) is 1.90. The van der Waals surface area contributed by atoms with Crippen molar-refractivity contribution in [1.82, 2.24) is 19.7 Å². The van der Waals surface area contributed by atoms with Gasteiger partial charge in [-0.2, -0.15) is 4.99 Å². The molecule has 0 spiro atoms. The maximum atomic E-state index is 13.3. The van der Waals surface area contributed by atoms with Crippen molar-refractivity contribution >= 4 is 51.1 Å². The Morgan fingerprint density at radius 2 is 1.78 bits per heavy atom. The van der Waals surface area contributed by atoms with Crippen molar-refractivity contribution in [3.8, 4) is 16.9 Å². The van der Waals surface area contributed by atoms with Crippen molar-refractivity contribution in [2.45, 2.75) is 6.92 Å². The molecule has 2 aromatic heterocycles. The lowest BCUT2D eigenvalue weighted by atomic mass is 10.2. The summed E-state index contributed by atoms with van der Waals surface area (Å²) in [7, 11) is 5.82. The van der Waals surface area contributed by atoms with E-state index in [1.165, 1.54) is 23.1 Å². The van der Waals surface area contributed by atoms with E-state index in [9.17, 15) is 9.59 Å². The minimum absolute atomic E-state index is 0.139. The Hall–Kier alpha value is -3.89. The molecule has 5 rings (SSSR count). The average Bonchev–Trinajstić information content (AvgIpc) is 3.51. The first-order valence-electron chi connectivity index (χ1n) is 11.2. The standard InChI is InChI=1S/C26H24N6O2S2/c1-16-22(24(34)32(31(16)4)19-8-6-5-7-9-19)20-15-35-25(27-20)29-26-28-23(33)21(36-26)14-17-10-12-18(13-11-17)30(2)3/h5-15H,1-4H3,(H,27,28,29,33)/b21-14+. The highest BCUT2D eigenvalue weighted by Gasteiger charge is 2.25. The number of rotatable bonds is 5. The summed E-state index contributed by atoms with van der Waals surface area (Å²) in [4.78, 5) is 37.5. The van der Waals surface area contributed by atoms with Gasteiger partial charge in [0.2, 0.25) is 5.13 Å². The van der Waals surface area contributed by atoms with E-state index >= 15 is 0 Å². The molecule has 0 radical (unpaired) electrons. The number of carbonyl (C=O) groups is 1. The number of aliphatic imine (C=N–C) groups is 1. The third kappa shape index (κ3) is 4.52. The molecule has 1 aliphatic rings. The molecule has 0 unspecified atom stereocenters. The highest BCUT2D eigenvalue weighted by molar-refractivity contribution is 8.18. The molecular weight excluding hydrogens is 492 g/mol. The fourth-order valence-corrected chi connectivity index (χ4v) is 5.44. The topological polar surface area (TPSA) is 84.5 Å². The number of para-hydroxylation sites is 1. The van der Waals surface area contributed by atoms with Crippen molar-refractivity contribution < 1.29 is 4.79 Å². The second kappa shape index (κ2) is 9.63. The van der Waals surface area contributed by atoms with Crippen LogP contribution in [0.4, 0.5) is 10.8 Å². The molecule has 10 heteroatoms. The number of anilines is 1. The predicted molar refractivity (Wildman–Crippen MR) is 148 cm³/mol. The van der Waals surface area contributed by atoms with Gasteiger partial charge in [0.15, 0.2) is 5.17 Å². The average molecular weight is 517 g/mol. The van der Waals surface area contributed by atoms with Gasteiger partial charge >= 0.3 is 0 Å². The number of nitrogens with zero attached hydrogens (tertiary/aromatic N) is 5. The third-order valence-electron chi connectivity index (χ3n) is 5.86. The van der Waals surface area contributed by atoms with Gasteiger partial charge in [-0.25, -0.2) is 9.67 Å². The monoisotopic (exact) mass is 516 g/mol. The number of amides is 1. The SMILES string of the molecule is Cc1c(-c2csc(/N=C3\NC(=O)/C(=C\c4ccc(N(C)C)cc4)S3)n2)c(=O)n(-c2ccccc2)n1C. The summed E-state index contributed by atoms with van der Waals surface area (Å²) >= 11 is 2.60. The second-order valence-electron chi connectivity index (χ2n) is 8.42. The summed E-state index contributed by atoms with van der Waals surface area (Å²) in [5, 5.41) is 5.56. The summed E-state index contributed by atoms with van der Waals surface area (Å²) < 4.78 is 3.46. The number of hydrogen-bond donors (Lipinski definition) is 1. The molecule has 2 aromatic carbocycles. The molecule has 3 heterocycles. The number of amidine groups is 1. The summed E-state index contributed by atoms with van der Waals surface area (Å²) in [6, 6.07) is 17.5. The van der Waals surface area contributed by atoms with Gasteiger partial charge in [0.25, 0.3) is 11.5 Å². The highest BCUT2D eigenvalue weighted by Crippen LogP contribution is 2.32. The number of benzene rings is 2. The lowest BCUT2D eigenvalue weighted by molar-refractivity contribution is -0.115. The lowest BCUT2D eigenvalue weighted by Crippen LogP contribution is -2.20. The van der Waals surface area contributed by atoms with Crippen LogP contribution in [-0.4, -0.2) is 39.5 Å². The van der Waals surface area contributed by atoms with Crippen molar-refractivity contribution in [3.05, 3.63) is 86.5 Å². The van der Waals surface area contributed by atoms with E-state index in [1.54, 1.807) is 4.68 Å². The second-order valence-corrected chi connectivity index (χ2v) is 10.3. The normalized spacial score (nSPS) is 15.6. The number of thioether (sulfide) groups is 1. The van der Waals surface area contributed by atoms with E-state index in [-0.39, 0.29) is 11.5 Å². The Balaban J connectivity index is 1.40. The van der Waals surface area contributed by atoms with E-state index in [1.807, 2.05) is 104 Å². The van der Waals surface area contributed by atoms with Crippen LogP contribution in [0.5, 0.6) is 0 Å². The van der Waals surface area contributed by atoms with Crippen LogP contribution in [-0.2, 0) is 11.8 Å². The lowest BCUT2D eigenvalue weighted by Gasteiger charge is -2.11. The fraction of sp³-hybridized carbons (Fsp3) is 0.154. The van der Waals surface area contributed by atoms with Crippen molar-refractivity contribution in [2.24, 2.45) is 12.0 Å². The van der Waals surface area contributed by atoms with Crippen LogP contribution < -0.4 is 15.8 Å². The zero-order valence-electron chi connectivity index (χ0n) is 20.2. The zero-order valence-corrected chi connectivity index (χ0v) is 21.9. The van der Waals surface area contributed by atoms with E-state index in [2.05, 4.69) is 15.3 Å². The molecule has 182 valence electrons. The van der Waals surface area contributed by atoms with Crippen LogP contribution in [0.1, 0.15) is 11.3 Å². The van der Waals surface area contributed by atoms with Crippen molar-refractivity contribution in [2.75, 3.05) is 19.0 Å². The smallest absolute Gasteiger partial charge is 0.281 e. The van der Waals surface area contributed by atoms with Crippen molar-refractivity contribution in [1.29, 1.82) is 0 Å². The first-order chi connectivity index (χ1) is 17.3. The zero-order chi connectivity index (χ0) is 25.4. The van der Waals surface area contributed by atoms with E-state index in [0.29, 0.717) is 26.5 Å². The number of thiazole rings is 1. The first-order valence-corrected chi connectivity index (χ1v) is 12.9. The molecule has 1 N–H and O–H groups in total. The van der Waals surface area contributed by atoms with Crippen LogP contribution >= 0.6 is 23.1 Å². The van der Waals surface area contributed by atoms with Crippen LogP contribution in [0.25, 0.3) is 23.0 Å². The molecule has 1 aliphatic heterocycles. The number of aromatic nitrogens is 3. The van der Waals surface area contributed by atoms with Gasteiger partial charge in [-0.05, 0) is 54.6 Å². The molecule has 4 aromatic rings. The van der Waals surface area contributed by atoms with Gasteiger partial charge in [0.05, 0.1) is 21.8 Å². The van der Waals surface area contributed by atoms with Gasteiger partial charge < -0.3 is 10.2 Å².